The summed E-state index contributed by atoms with van der Waals surface area (Å²) >= 11 is 6.67. The minimum absolute atomic E-state index is 0.0435. The maximum absolute atomic E-state index is 15.6. The van der Waals surface area contributed by atoms with Crippen LogP contribution in [0.5, 0.6) is 0 Å². The van der Waals surface area contributed by atoms with Crippen molar-refractivity contribution in [1.29, 1.82) is 0 Å². The van der Waals surface area contributed by atoms with Gasteiger partial charge in [0, 0.05) is 41.9 Å². The smallest absolute Gasteiger partial charge is 0.293 e. The van der Waals surface area contributed by atoms with Crippen LogP contribution in [0.2, 0.25) is 5.02 Å². The average Bonchev–Trinajstić information content (AvgIpc) is 4.18. The highest BCUT2D eigenvalue weighted by Gasteiger charge is 2.67. The first-order valence-corrected chi connectivity index (χ1v) is 22.6. The molecule has 0 spiro atoms. The fourth-order valence-corrected chi connectivity index (χ4v) is 10.6. The molecule has 3 aromatic carbocycles. The average molecular weight is 973 g/mol. The second-order valence-electron chi connectivity index (χ2n) is 16.7. The van der Waals surface area contributed by atoms with Gasteiger partial charge in [-0.2, -0.15) is 19.0 Å². The van der Waals surface area contributed by atoms with E-state index in [-0.39, 0.29) is 50.1 Å². The number of alkyl halides is 6. The van der Waals surface area contributed by atoms with Crippen LogP contribution in [0.3, 0.4) is 0 Å². The van der Waals surface area contributed by atoms with Crippen LogP contribution < -0.4 is 15.6 Å². The van der Waals surface area contributed by atoms with E-state index in [0.29, 0.717) is 40.5 Å². The van der Waals surface area contributed by atoms with Crippen LogP contribution in [0.4, 0.5) is 40.9 Å². The largest absolute Gasteiger partial charge is 0.344 e. The van der Waals surface area contributed by atoms with E-state index >= 15 is 13.6 Å². The zero-order chi connectivity index (χ0) is 47.4. The number of anilines is 1. The first-order valence-electron chi connectivity index (χ1n) is 20.7. The lowest BCUT2D eigenvalue weighted by Gasteiger charge is -2.24. The molecule has 2 N–H and O–H groups in total. The highest BCUT2D eigenvalue weighted by Crippen LogP contribution is 2.68. The molecule has 3 atom stereocenters. The van der Waals surface area contributed by atoms with Crippen molar-refractivity contribution in [3.05, 3.63) is 122 Å². The summed E-state index contributed by atoms with van der Waals surface area (Å²) in [6.45, 7) is -0.535. The van der Waals surface area contributed by atoms with Crippen LogP contribution >= 0.6 is 11.6 Å². The number of fused-ring (bicyclic) bond motifs is 5. The van der Waals surface area contributed by atoms with Crippen LogP contribution in [0.25, 0.3) is 38.8 Å². The third-order valence-corrected chi connectivity index (χ3v) is 14.2. The lowest BCUT2D eigenvalue weighted by molar-refractivity contribution is -0.123. The molecular formula is C43H33ClF8N10O4S. The molecule has 3 aliphatic rings. The molecule has 3 aliphatic carbocycles. The van der Waals surface area contributed by atoms with Crippen molar-refractivity contribution in [2.45, 2.75) is 81.7 Å². The number of rotatable bonds is 14. The van der Waals surface area contributed by atoms with E-state index in [0.717, 1.165) is 21.4 Å². The Bertz CT molecular complexity index is 3360. The van der Waals surface area contributed by atoms with Gasteiger partial charge in [-0.1, -0.05) is 17.7 Å². The molecule has 4 heterocycles. The number of benzene rings is 3. The number of hydrogen-bond acceptors (Lipinski definition) is 9. The summed E-state index contributed by atoms with van der Waals surface area (Å²) in [7, 11) is -4.09. The first kappa shape index (κ1) is 44.4. The number of aryl methyl sites for hydroxylation is 1. The molecule has 10 rings (SSSR count). The molecule has 0 saturated heterocycles. The highest BCUT2D eigenvalue weighted by molar-refractivity contribution is 7.93. The molecule has 0 aliphatic heterocycles. The Morgan fingerprint density at radius 1 is 0.970 bits per heavy atom. The number of aromatic nitrogens is 8. The third kappa shape index (κ3) is 7.83. The predicted octanol–water partition coefficient (Wildman–Crippen LogP) is 8.04. The van der Waals surface area contributed by atoms with Crippen molar-refractivity contribution < 1.29 is 48.3 Å². The SMILES string of the molecule is Cc1nccnc1-c1ccc2c(=O)n(-c3ccc(Cl)c4c(NS(=O)(=O)C5CC5)nn(CC(F)F)c34)c([C@H](Cc3cc(F)cc(F)c3)NC(=O)Cn3nc(C(F)F)c4c3C(F)(F)[C@@H]3C[C@H]43)nc2c1. The fourth-order valence-electron chi connectivity index (χ4n) is 9.01. The van der Waals surface area contributed by atoms with Crippen molar-refractivity contribution in [2.24, 2.45) is 5.92 Å². The second-order valence-corrected chi connectivity index (χ2v) is 19.0. The molecule has 24 heteroatoms. The number of nitrogens with one attached hydrogen (secondary N) is 2. The Morgan fingerprint density at radius 3 is 2.39 bits per heavy atom. The van der Waals surface area contributed by atoms with Gasteiger partial charge >= 0.3 is 0 Å². The van der Waals surface area contributed by atoms with Crippen molar-refractivity contribution in [3.63, 3.8) is 0 Å². The van der Waals surface area contributed by atoms with Gasteiger partial charge in [0.05, 0.1) is 55.2 Å². The highest BCUT2D eigenvalue weighted by atomic mass is 35.5. The van der Waals surface area contributed by atoms with E-state index in [1.165, 1.54) is 36.7 Å². The summed E-state index contributed by atoms with van der Waals surface area (Å²) in [5.74, 6) is -9.84. The normalized spacial score (nSPS) is 17.9. The summed E-state index contributed by atoms with van der Waals surface area (Å²) in [6, 6.07) is 7.61. The van der Waals surface area contributed by atoms with Gasteiger partial charge in [-0.05, 0) is 74.1 Å². The molecule has 0 unspecified atom stereocenters. The number of hydrogen-bond donors (Lipinski definition) is 2. The van der Waals surface area contributed by atoms with E-state index < -0.39 is 118 Å². The molecule has 0 radical (unpaired) electrons. The van der Waals surface area contributed by atoms with Gasteiger partial charge in [-0.25, -0.2) is 39.7 Å². The summed E-state index contributed by atoms with van der Waals surface area (Å²) in [4.78, 5) is 42.9. The van der Waals surface area contributed by atoms with E-state index in [9.17, 15) is 39.6 Å². The molecule has 67 heavy (non-hydrogen) atoms. The van der Waals surface area contributed by atoms with Gasteiger partial charge in [-0.15, -0.1) is 0 Å². The van der Waals surface area contributed by atoms with Gasteiger partial charge in [0.25, 0.3) is 24.3 Å². The molecule has 14 nitrogen and oxygen atoms in total. The van der Waals surface area contributed by atoms with Crippen LogP contribution in [-0.2, 0) is 40.3 Å². The van der Waals surface area contributed by atoms with Crippen molar-refractivity contribution >= 4 is 55.2 Å². The fraction of sp³-hybridized carbons (Fsp3) is 0.326. The third-order valence-electron chi connectivity index (χ3n) is 12.1. The lowest BCUT2D eigenvalue weighted by atomic mass is 10.0. The molecule has 2 fully saturated rings. The molecule has 348 valence electrons. The topological polar surface area (TPSA) is 172 Å². The van der Waals surface area contributed by atoms with E-state index in [4.69, 9.17) is 16.6 Å². The Labute approximate surface area is 378 Å². The van der Waals surface area contributed by atoms with E-state index in [2.05, 4.69) is 30.2 Å². The van der Waals surface area contributed by atoms with Crippen LogP contribution in [-0.4, -0.2) is 65.1 Å². The lowest BCUT2D eigenvalue weighted by Crippen LogP contribution is -2.38. The van der Waals surface area contributed by atoms with Crippen LogP contribution in [0.15, 0.2) is 65.7 Å². The van der Waals surface area contributed by atoms with Crippen molar-refractivity contribution in [3.8, 4) is 16.9 Å². The van der Waals surface area contributed by atoms with Gasteiger partial charge in [-0.3, -0.25) is 38.2 Å². The monoisotopic (exact) mass is 972 g/mol. The van der Waals surface area contributed by atoms with E-state index in [1.54, 1.807) is 13.0 Å². The minimum atomic E-state index is -4.09. The molecule has 0 bridgehead atoms. The Kier molecular flexibility index (Phi) is 10.7. The Hall–Kier alpha value is -6.49. The molecule has 7 aromatic rings. The predicted molar refractivity (Wildman–Crippen MR) is 226 cm³/mol. The number of carbonyl (C=O) groups excluding carboxylic acids is 1. The van der Waals surface area contributed by atoms with Gasteiger partial charge in [0.2, 0.25) is 15.9 Å². The summed E-state index contributed by atoms with van der Waals surface area (Å²) in [5, 5.41) is 9.22. The Balaban J connectivity index is 1.20. The summed E-state index contributed by atoms with van der Waals surface area (Å²) in [5.41, 5.74) is -2.45. The zero-order valence-electron chi connectivity index (χ0n) is 34.5. The molecule has 4 aromatic heterocycles. The summed E-state index contributed by atoms with van der Waals surface area (Å²) in [6.07, 6.45) is -3.44. The standard InChI is InChI=1S/C43H33ClF8N10O4S/c1-18-35(54-9-8-53-18)20-2-5-24-28(13-20)56-41(62(42(24)64)30-7-6-27(44)34-37(30)60(16-31(47)48)58-40(34)59-67(65,66)23-3-4-23)29(12-19-10-21(45)14-22(46)11-19)55-32(63)17-61-38-33(36(57-61)39(49)50)25-15-26(25)43(38,51)52/h2,5-11,13-14,23,25-26,29,31,39H,3-4,12,15-17H2,1H3,(H,55,63)(H,58,59)/t25-,26+,29-/m0/s1. The summed E-state index contributed by atoms with van der Waals surface area (Å²) < 4.78 is 149. The zero-order valence-corrected chi connectivity index (χ0v) is 36.1. The maximum Gasteiger partial charge on any atom is 0.293 e. The molecular weight excluding hydrogens is 940 g/mol. The van der Waals surface area contributed by atoms with Crippen LogP contribution in [0.1, 0.15) is 71.7 Å². The number of halogens is 9. The quantitative estimate of drug-likeness (QED) is 0.102. The minimum Gasteiger partial charge on any atom is -0.344 e. The number of amides is 1. The second kappa shape index (κ2) is 16.1. The number of sulfonamides is 1. The number of carbonyl (C=O) groups is 1. The molecule has 2 saturated carbocycles. The van der Waals surface area contributed by atoms with Gasteiger partial charge in [0.15, 0.2) is 5.82 Å². The first-order chi connectivity index (χ1) is 31.8. The van der Waals surface area contributed by atoms with Crippen molar-refractivity contribution in [2.75, 3.05) is 4.72 Å². The van der Waals surface area contributed by atoms with Crippen LogP contribution in [0, 0.1) is 24.5 Å². The van der Waals surface area contributed by atoms with Gasteiger partial charge in [0.1, 0.15) is 41.9 Å². The molecule has 1 amide bonds. The van der Waals surface area contributed by atoms with Gasteiger partial charge < -0.3 is 5.32 Å². The van der Waals surface area contributed by atoms with Crippen molar-refractivity contribution in [1.82, 2.24) is 44.4 Å². The maximum atomic E-state index is 15.6. The van der Waals surface area contributed by atoms with E-state index in [1.807, 2.05) is 0 Å². The Morgan fingerprint density at radius 2 is 1.70 bits per heavy atom. The number of nitrogens with zero attached hydrogens (tertiary/aromatic N) is 8.